The van der Waals surface area contributed by atoms with Crippen LogP contribution >= 0.6 is 0 Å². The number of hydrogen-bond donors (Lipinski definition) is 2. The number of nitro groups is 1. The Balaban J connectivity index is 1.82. The van der Waals surface area contributed by atoms with Gasteiger partial charge in [-0.25, -0.2) is 4.39 Å². The van der Waals surface area contributed by atoms with Gasteiger partial charge in [0, 0.05) is 24.1 Å². The molecule has 7 nitrogen and oxygen atoms in total. The summed E-state index contributed by atoms with van der Waals surface area (Å²) in [5.41, 5.74) is 1.58. The van der Waals surface area contributed by atoms with Crippen LogP contribution in [0, 0.1) is 22.9 Å². The van der Waals surface area contributed by atoms with Gasteiger partial charge in [0.1, 0.15) is 5.82 Å². The lowest BCUT2D eigenvalue weighted by Crippen LogP contribution is -2.23. The van der Waals surface area contributed by atoms with Gasteiger partial charge in [-0.3, -0.25) is 20.0 Å². The van der Waals surface area contributed by atoms with E-state index in [1.54, 1.807) is 19.1 Å². The molecular weight excluding hydrogens is 315 g/mol. The van der Waals surface area contributed by atoms with Crippen molar-refractivity contribution in [3.05, 3.63) is 69.2 Å². The van der Waals surface area contributed by atoms with Gasteiger partial charge in [0.2, 0.25) is 0 Å². The van der Waals surface area contributed by atoms with E-state index < -0.39 is 10.8 Å². The highest BCUT2D eigenvalue weighted by Crippen LogP contribution is 2.22. The quantitative estimate of drug-likeness (QED) is 0.568. The fraction of sp³-hybridized carbons (Fsp3) is 0.125. The van der Waals surface area contributed by atoms with Gasteiger partial charge in [-0.15, -0.1) is 0 Å². The van der Waals surface area contributed by atoms with Crippen molar-refractivity contribution in [1.82, 2.24) is 15.5 Å². The summed E-state index contributed by atoms with van der Waals surface area (Å²) in [6.45, 7) is 1.78. The number of aromatic amines is 1. The van der Waals surface area contributed by atoms with Gasteiger partial charge in [-0.05, 0) is 30.2 Å². The minimum Gasteiger partial charge on any atom is -0.347 e. The average Bonchev–Trinajstić information content (AvgIpc) is 2.98. The normalized spacial score (nSPS) is 10.8. The highest BCUT2D eigenvalue weighted by atomic mass is 19.1. The number of amides is 1. The van der Waals surface area contributed by atoms with E-state index in [0.717, 1.165) is 0 Å². The molecule has 2 N–H and O–H groups in total. The van der Waals surface area contributed by atoms with E-state index in [1.165, 1.54) is 24.3 Å². The molecule has 0 spiro atoms. The number of nitrogens with one attached hydrogen (secondary N) is 2. The number of H-pyrrole nitrogens is 1. The summed E-state index contributed by atoms with van der Waals surface area (Å²) in [5, 5.41) is 20.4. The summed E-state index contributed by atoms with van der Waals surface area (Å²) in [6.07, 6.45) is 0. The van der Waals surface area contributed by atoms with Crippen molar-refractivity contribution in [3.63, 3.8) is 0 Å². The number of halogens is 1. The minimum atomic E-state index is -0.538. The monoisotopic (exact) mass is 328 g/mol. The summed E-state index contributed by atoms with van der Waals surface area (Å²) in [6, 6.07) is 8.81. The number of fused-ring (bicyclic) bond motifs is 1. The predicted molar refractivity (Wildman–Crippen MR) is 85.1 cm³/mol. The molecule has 0 fully saturated rings. The van der Waals surface area contributed by atoms with E-state index in [-0.39, 0.29) is 23.7 Å². The molecule has 0 aliphatic rings. The standard InChI is InChI=1S/C16H13FN4O3/c1-9-2-3-10(6-13(9)17)8-18-16(22)15-12-7-11(21(23)24)4-5-14(12)19-20-15/h2-7H,8H2,1H3,(H,18,22)(H,19,20). The Morgan fingerprint density at radius 1 is 1.33 bits per heavy atom. The molecule has 3 rings (SSSR count). The lowest BCUT2D eigenvalue weighted by Gasteiger charge is -2.05. The number of carbonyl (C=O) groups is 1. The molecule has 0 atom stereocenters. The molecule has 0 aliphatic carbocycles. The van der Waals surface area contributed by atoms with Crippen LogP contribution in [0.4, 0.5) is 10.1 Å². The summed E-state index contributed by atoms with van der Waals surface area (Å²) in [7, 11) is 0. The van der Waals surface area contributed by atoms with Crippen molar-refractivity contribution in [2.45, 2.75) is 13.5 Å². The number of benzene rings is 2. The topological polar surface area (TPSA) is 101 Å². The Morgan fingerprint density at radius 3 is 2.83 bits per heavy atom. The van der Waals surface area contributed by atoms with Crippen LogP contribution in [0.5, 0.6) is 0 Å². The Bertz CT molecular complexity index is 952. The first-order chi connectivity index (χ1) is 11.5. The molecule has 0 bridgehead atoms. The number of aromatic nitrogens is 2. The number of carbonyl (C=O) groups excluding carboxylic acids is 1. The molecule has 0 unspecified atom stereocenters. The minimum absolute atomic E-state index is 0.0567. The van der Waals surface area contributed by atoms with E-state index in [9.17, 15) is 19.3 Å². The third-order valence-corrected chi connectivity index (χ3v) is 3.66. The maximum atomic E-state index is 13.5. The van der Waals surface area contributed by atoms with E-state index in [4.69, 9.17) is 0 Å². The van der Waals surface area contributed by atoms with Gasteiger partial charge in [-0.1, -0.05) is 12.1 Å². The van der Waals surface area contributed by atoms with E-state index >= 15 is 0 Å². The van der Waals surface area contributed by atoms with Gasteiger partial charge in [0.05, 0.1) is 10.4 Å². The highest BCUT2D eigenvalue weighted by molar-refractivity contribution is 6.05. The smallest absolute Gasteiger partial charge is 0.272 e. The van der Waals surface area contributed by atoms with Gasteiger partial charge < -0.3 is 5.32 Å². The maximum absolute atomic E-state index is 13.5. The summed E-state index contributed by atoms with van der Waals surface area (Å²) < 4.78 is 13.5. The van der Waals surface area contributed by atoms with Crippen molar-refractivity contribution in [2.75, 3.05) is 0 Å². The zero-order valence-electron chi connectivity index (χ0n) is 12.7. The Labute approximate surface area is 135 Å². The molecule has 0 saturated carbocycles. The molecule has 3 aromatic rings. The van der Waals surface area contributed by atoms with Crippen LogP contribution in [0.25, 0.3) is 10.9 Å². The van der Waals surface area contributed by atoms with Crippen LogP contribution in [0.3, 0.4) is 0 Å². The Morgan fingerprint density at radius 2 is 2.12 bits per heavy atom. The predicted octanol–water partition coefficient (Wildman–Crippen LogP) is 2.85. The average molecular weight is 328 g/mol. The highest BCUT2D eigenvalue weighted by Gasteiger charge is 2.17. The van der Waals surface area contributed by atoms with Crippen LogP contribution in [-0.4, -0.2) is 21.0 Å². The largest absolute Gasteiger partial charge is 0.347 e. The molecule has 0 saturated heterocycles. The molecule has 122 valence electrons. The SMILES string of the molecule is Cc1ccc(CNC(=O)c2n[nH]c3ccc([N+](=O)[O-])cc23)cc1F. The van der Waals surface area contributed by atoms with Crippen LogP contribution in [0.2, 0.25) is 0 Å². The number of aryl methyl sites for hydroxylation is 1. The number of nitrogens with zero attached hydrogens (tertiary/aromatic N) is 2. The van der Waals surface area contributed by atoms with Crippen LogP contribution in [0.15, 0.2) is 36.4 Å². The fourth-order valence-electron chi connectivity index (χ4n) is 2.30. The lowest BCUT2D eigenvalue weighted by atomic mass is 10.1. The number of non-ortho nitro benzene ring substituents is 1. The van der Waals surface area contributed by atoms with Crippen molar-refractivity contribution in [2.24, 2.45) is 0 Å². The Hall–Kier alpha value is -3.29. The van der Waals surface area contributed by atoms with Gasteiger partial charge in [-0.2, -0.15) is 5.10 Å². The first-order valence-corrected chi connectivity index (χ1v) is 7.11. The lowest BCUT2D eigenvalue weighted by molar-refractivity contribution is -0.384. The molecule has 24 heavy (non-hydrogen) atoms. The van der Waals surface area contributed by atoms with Gasteiger partial charge >= 0.3 is 0 Å². The first-order valence-electron chi connectivity index (χ1n) is 7.11. The second kappa shape index (κ2) is 6.07. The first kappa shape index (κ1) is 15.6. The zero-order chi connectivity index (χ0) is 17.3. The summed E-state index contributed by atoms with van der Waals surface area (Å²) in [5.74, 6) is -0.842. The fourth-order valence-corrected chi connectivity index (χ4v) is 2.30. The van der Waals surface area contributed by atoms with Crippen molar-refractivity contribution < 1.29 is 14.1 Å². The van der Waals surface area contributed by atoms with Crippen molar-refractivity contribution >= 4 is 22.5 Å². The molecule has 0 radical (unpaired) electrons. The zero-order valence-corrected chi connectivity index (χ0v) is 12.7. The number of nitro benzene ring substituents is 1. The molecule has 1 aromatic heterocycles. The van der Waals surface area contributed by atoms with Gasteiger partial charge in [0.25, 0.3) is 11.6 Å². The second-order valence-corrected chi connectivity index (χ2v) is 5.33. The van der Waals surface area contributed by atoms with Crippen LogP contribution in [-0.2, 0) is 6.54 Å². The molecule has 1 amide bonds. The van der Waals surface area contributed by atoms with E-state index in [0.29, 0.717) is 22.0 Å². The second-order valence-electron chi connectivity index (χ2n) is 5.33. The summed E-state index contributed by atoms with van der Waals surface area (Å²) >= 11 is 0. The van der Waals surface area contributed by atoms with Crippen molar-refractivity contribution in [3.8, 4) is 0 Å². The third-order valence-electron chi connectivity index (χ3n) is 3.66. The van der Waals surface area contributed by atoms with Gasteiger partial charge in [0.15, 0.2) is 5.69 Å². The van der Waals surface area contributed by atoms with Crippen molar-refractivity contribution in [1.29, 1.82) is 0 Å². The van der Waals surface area contributed by atoms with E-state index in [2.05, 4.69) is 15.5 Å². The summed E-state index contributed by atoms with van der Waals surface area (Å²) in [4.78, 5) is 22.6. The molecule has 2 aromatic carbocycles. The third kappa shape index (κ3) is 2.94. The molecule has 1 heterocycles. The van der Waals surface area contributed by atoms with E-state index in [1.807, 2.05) is 0 Å². The molecule has 8 heteroatoms. The maximum Gasteiger partial charge on any atom is 0.272 e. The van der Waals surface area contributed by atoms with Crippen LogP contribution in [0.1, 0.15) is 21.6 Å². The molecule has 0 aliphatic heterocycles. The number of hydrogen-bond acceptors (Lipinski definition) is 4. The molecular formula is C16H13FN4O3. The Kier molecular flexibility index (Phi) is 3.95. The number of rotatable bonds is 4. The van der Waals surface area contributed by atoms with Crippen LogP contribution < -0.4 is 5.32 Å².